The molecule has 0 unspecified atom stereocenters. The molecule has 2 aromatic rings. The maximum absolute atomic E-state index is 9.67. The Kier molecular flexibility index (Phi) is 5.81. The van der Waals surface area contributed by atoms with Crippen LogP contribution in [0.1, 0.15) is 11.1 Å². The summed E-state index contributed by atoms with van der Waals surface area (Å²) in [5, 5.41) is 38.4. The average molecular weight is 302 g/mol. The van der Waals surface area contributed by atoms with Gasteiger partial charge in [-0.1, -0.05) is 24.3 Å². The first-order chi connectivity index (χ1) is 10.6. The predicted molar refractivity (Wildman–Crippen MR) is 84.8 cm³/mol. The molecule has 118 valence electrons. The molecule has 0 amide bonds. The lowest BCUT2D eigenvalue weighted by atomic mass is 9.83. The quantitative estimate of drug-likeness (QED) is 0.631. The van der Waals surface area contributed by atoms with Gasteiger partial charge >= 0.3 is 0 Å². The van der Waals surface area contributed by atoms with Crippen LogP contribution in [0, 0.1) is 11.8 Å². The second-order valence-electron chi connectivity index (χ2n) is 5.63. The van der Waals surface area contributed by atoms with Crippen molar-refractivity contribution in [1.82, 2.24) is 0 Å². The maximum Gasteiger partial charge on any atom is 0.115 e. The third-order valence-electron chi connectivity index (χ3n) is 3.95. The van der Waals surface area contributed by atoms with E-state index in [4.69, 9.17) is 0 Å². The summed E-state index contributed by atoms with van der Waals surface area (Å²) < 4.78 is 0. The fourth-order valence-corrected chi connectivity index (χ4v) is 2.73. The SMILES string of the molecule is OC[C@@H](Cc1cccc(O)c1)[C@@H](CO)Cc1cccc(O)c1. The van der Waals surface area contributed by atoms with Gasteiger partial charge in [0.1, 0.15) is 11.5 Å². The third-order valence-corrected chi connectivity index (χ3v) is 3.95. The standard InChI is InChI=1S/C18H22O4/c19-11-15(7-13-3-1-5-17(21)9-13)16(12-20)8-14-4-2-6-18(22)10-14/h1-6,9-10,15-16,19-22H,7-8,11-12H2/t15-,16-/m1/s1. The Morgan fingerprint density at radius 3 is 1.41 bits per heavy atom. The Labute approximate surface area is 130 Å². The Balaban J connectivity index is 2.09. The molecule has 0 fully saturated rings. The van der Waals surface area contributed by atoms with Gasteiger partial charge in [-0.25, -0.2) is 0 Å². The number of hydrogen-bond acceptors (Lipinski definition) is 4. The molecule has 0 spiro atoms. The van der Waals surface area contributed by atoms with Crippen molar-refractivity contribution < 1.29 is 20.4 Å². The highest BCUT2D eigenvalue weighted by atomic mass is 16.3. The summed E-state index contributed by atoms with van der Waals surface area (Å²) in [5.74, 6) is 0.161. The molecule has 2 aromatic carbocycles. The molecule has 0 heterocycles. The van der Waals surface area contributed by atoms with Gasteiger partial charge in [-0.05, 0) is 60.1 Å². The van der Waals surface area contributed by atoms with Crippen LogP contribution < -0.4 is 0 Å². The van der Waals surface area contributed by atoms with Crippen LogP contribution in [0.4, 0.5) is 0 Å². The van der Waals surface area contributed by atoms with E-state index in [-0.39, 0.29) is 36.5 Å². The van der Waals surface area contributed by atoms with Gasteiger partial charge in [0.15, 0.2) is 0 Å². The Bertz CT molecular complexity index is 544. The van der Waals surface area contributed by atoms with Crippen LogP contribution in [0.25, 0.3) is 0 Å². The lowest BCUT2D eigenvalue weighted by molar-refractivity contribution is 0.119. The molecular formula is C18H22O4. The number of aromatic hydroxyl groups is 2. The summed E-state index contributed by atoms with van der Waals surface area (Å²) in [5.41, 5.74) is 1.85. The highest BCUT2D eigenvalue weighted by Gasteiger charge is 2.21. The van der Waals surface area contributed by atoms with Crippen molar-refractivity contribution in [1.29, 1.82) is 0 Å². The number of phenolic OH excluding ortho intramolecular Hbond substituents is 2. The van der Waals surface area contributed by atoms with Crippen LogP contribution >= 0.6 is 0 Å². The zero-order valence-electron chi connectivity index (χ0n) is 12.4. The second kappa shape index (κ2) is 7.82. The van der Waals surface area contributed by atoms with Gasteiger partial charge in [0.25, 0.3) is 0 Å². The van der Waals surface area contributed by atoms with E-state index in [0.29, 0.717) is 12.8 Å². The topological polar surface area (TPSA) is 80.9 Å². The van der Waals surface area contributed by atoms with Crippen molar-refractivity contribution in [3.63, 3.8) is 0 Å². The summed E-state index contributed by atoms with van der Waals surface area (Å²) >= 11 is 0. The van der Waals surface area contributed by atoms with Crippen molar-refractivity contribution >= 4 is 0 Å². The number of aliphatic hydroxyl groups is 2. The molecule has 2 rings (SSSR count). The molecule has 2 atom stereocenters. The fourth-order valence-electron chi connectivity index (χ4n) is 2.73. The monoisotopic (exact) mass is 302 g/mol. The molecule has 4 N–H and O–H groups in total. The average Bonchev–Trinajstić information content (AvgIpc) is 2.51. The van der Waals surface area contributed by atoms with Crippen LogP contribution in [-0.4, -0.2) is 33.6 Å². The first kappa shape index (κ1) is 16.3. The summed E-state index contributed by atoms with van der Waals surface area (Å²) in [6, 6.07) is 13.9. The van der Waals surface area contributed by atoms with Gasteiger partial charge in [0.2, 0.25) is 0 Å². The highest BCUT2D eigenvalue weighted by molar-refractivity contribution is 5.29. The molecule has 0 radical (unpaired) electrons. The zero-order valence-corrected chi connectivity index (χ0v) is 12.4. The van der Waals surface area contributed by atoms with Crippen LogP contribution in [-0.2, 0) is 12.8 Å². The van der Waals surface area contributed by atoms with E-state index in [2.05, 4.69) is 0 Å². The zero-order chi connectivity index (χ0) is 15.9. The number of benzene rings is 2. The van der Waals surface area contributed by atoms with Crippen molar-refractivity contribution in [2.45, 2.75) is 12.8 Å². The molecule has 0 aliphatic heterocycles. The first-order valence-electron chi connectivity index (χ1n) is 7.40. The van der Waals surface area contributed by atoms with E-state index in [1.54, 1.807) is 36.4 Å². The smallest absolute Gasteiger partial charge is 0.115 e. The molecule has 0 aliphatic rings. The minimum absolute atomic E-state index is 0.0420. The molecule has 4 nitrogen and oxygen atoms in total. The molecule has 0 bridgehead atoms. The van der Waals surface area contributed by atoms with Crippen LogP contribution in [0.15, 0.2) is 48.5 Å². The molecule has 0 aliphatic carbocycles. The number of hydrogen-bond donors (Lipinski definition) is 4. The van der Waals surface area contributed by atoms with Gasteiger partial charge < -0.3 is 20.4 Å². The first-order valence-corrected chi connectivity index (χ1v) is 7.40. The Morgan fingerprint density at radius 1 is 0.682 bits per heavy atom. The second-order valence-corrected chi connectivity index (χ2v) is 5.63. The molecule has 0 saturated heterocycles. The van der Waals surface area contributed by atoms with Crippen molar-refractivity contribution in [3.8, 4) is 11.5 Å². The largest absolute Gasteiger partial charge is 0.508 e. The maximum atomic E-state index is 9.67. The molecule has 4 heteroatoms. The van der Waals surface area contributed by atoms with Crippen molar-refractivity contribution in [3.05, 3.63) is 59.7 Å². The van der Waals surface area contributed by atoms with Gasteiger partial charge in [-0.2, -0.15) is 0 Å². The van der Waals surface area contributed by atoms with E-state index in [1.165, 1.54) is 0 Å². The normalized spacial score (nSPS) is 13.7. The number of aliphatic hydroxyl groups excluding tert-OH is 2. The van der Waals surface area contributed by atoms with Crippen LogP contribution in [0.3, 0.4) is 0 Å². The van der Waals surface area contributed by atoms with E-state index in [0.717, 1.165) is 11.1 Å². The lowest BCUT2D eigenvalue weighted by Crippen LogP contribution is -2.26. The van der Waals surface area contributed by atoms with E-state index < -0.39 is 0 Å². The van der Waals surface area contributed by atoms with Gasteiger partial charge in [0, 0.05) is 13.2 Å². The molecule has 0 aromatic heterocycles. The van der Waals surface area contributed by atoms with Crippen LogP contribution in [0.5, 0.6) is 11.5 Å². The third kappa shape index (κ3) is 4.48. The van der Waals surface area contributed by atoms with Crippen molar-refractivity contribution in [2.75, 3.05) is 13.2 Å². The highest BCUT2D eigenvalue weighted by Crippen LogP contribution is 2.24. The summed E-state index contributed by atoms with van der Waals surface area (Å²) in [6.45, 7) is -0.0839. The van der Waals surface area contributed by atoms with E-state index >= 15 is 0 Å². The van der Waals surface area contributed by atoms with Crippen molar-refractivity contribution in [2.24, 2.45) is 11.8 Å². The van der Waals surface area contributed by atoms with Gasteiger partial charge in [-0.3, -0.25) is 0 Å². The lowest BCUT2D eigenvalue weighted by Gasteiger charge is -2.24. The predicted octanol–water partition coefficient (Wildman–Crippen LogP) is 2.10. The summed E-state index contributed by atoms with van der Waals surface area (Å²) in [6.07, 6.45) is 1.16. The molecule has 0 saturated carbocycles. The van der Waals surface area contributed by atoms with Crippen LogP contribution in [0.2, 0.25) is 0 Å². The van der Waals surface area contributed by atoms with E-state index in [9.17, 15) is 20.4 Å². The summed E-state index contributed by atoms with van der Waals surface area (Å²) in [4.78, 5) is 0. The Hall–Kier alpha value is -2.04. The van der Waals surface area contributed by atoms with E-state index in [1.807, 2.05) is 12.1 Å². The fraction of sp³-hybridized carbons (Fsp3) is 0.333. The minimum Gasteiger partial charge on any atom is -0.508 e. The van der Waals surface area contributed by atoms with Gasteiger partial charge in [-0.15, -0.1) is 0 Å². The Morgan fingerprint density at radius 2 is 1.09 bits per heavy atom. The number of phenols is 2. The number of rotatable bonds is 7. The van der Waals surface area contributed by atoms with Gasteiger partial charge in [0.05, 0.1) is 0 Å². The summed E-state index contributed by atoms with van der Waals surface area (Å²) in [7, 11) is 0. The minimum atomic E-state index is -0.117. The molecule has 22 heavy (non-hydrogen) atoms. The molecular weight excluding hydrogens is 280 g/mol.